The van der Waals surface area contributed by atoms with Crippen LogP contribution in [0.15, 0.2) is 0 Å². The highest BCUT2D eigenvalue weighted by molar-refractivity contribution is 6.05. The molecule has 0 aliphatic carbocycles. The van der Waals surface area contributed by atoms with E-state index in [-0.39, 0.29) is 29.5 Å². The number of hydrogen-bond donors (Lipinski definition) is 1. The summed E-state index contributed by atoms with van der Waals surface area (Å²) < 4.78 is 5.67. The molecule has 5 heteroatoms. The molecule has 2 fully saturated rings. The van der Waals surface area contributed by atoms with E-state index in [1.807, 2.05) is 6.92 Å². The maximum Gasteiger partial charge on any atom is 0.246 e. The van der Waals surface area contributed by atoms with Crippen LogP contribution in [0.2, 0.25) is 0 Å². The highest BCUT2D eigenvalue weighted by atomic mass is 16.5. The van der Waals surface area contributed by atoms with Crippen LogP contribution in [0, 0.1) is 0 Å². The molecular formula is C14H24N2O3. The SMILES string of the molecule is CCCN1C(=O)CC(NC2CCOC(C)(C)C2)C1=O. The average Bonchev–Trinajstić information content (AvgIpc) is 2.56. The van der Waals surface area contributed by atoms with Gasteiger partial charge >= 0.3 is 0 Å². The van der Waals surface area contributed by atoms with E-state index in [4.69, 9.17) is 4.74 Å². The van der Waals surface area contributed by atoms with Crippen molar-refractivity contribution in [2.24, 2.45) is 0 Å². The second-order valence-electron chi connectivity index (χ2n) is 6.10. The van der Waals surface area contributed by atoms with Gasteiger partial charge in [0.15, 0.2) is 0 Å². The quantitative estimate of drug-likeness (QED) is 0.775. The number of ether oxygens (including phenoxy) is 1. The largest absolute Gasteiger partial charge is 0.375 e. The Balaban J connectivity index is 1.93. The van der Waals surface area contributed by atoms with Gasteiger partial charge in [0.05, 0.1) is 18.1 Å². The lowest BCUT2D eigenvalue weighted by Gasteiger charge is -2.36. The monoisotopic (exact) mass is 268 g/mol. The zero-order chi connectivity index (χ0) is 14.0. The van der Waals surface area contributed by atoms with Crippen molar-refractivity contribution in [1.29, 1.82) is 0 Å². The molecule has 2 amide bonds. The molecule has 0 aromatic heterocycles. The van der Waals surface area contributed by atoms with E-state index in [0.29, 0.717) is 19.6 Å². The molecule has 0 aromatic rings. The van der Waals surface area contributed by atoms with E-state index >= 15 is 0 Å². The summed E-state index contributed by atoms with van der Waals surface area (Å²) >= 11 is 0. The Morgan fingerprint density at radius 2 is 2.16 bits per heavy atom. The average molecular weight is 268 g/mol. The summed E-state index contributed by atoms with van der Waals surface area (Å²) in [7, 11) is 0. The van der Waals surface area contributed by atoms with Crippen LogP contribution < -0.4 is 5.32 Å². The molecule has 0 radical (unpaired) electrons. The molecule has 2 aliphatic heterocycles. The van der Waals surface area contributed by atoms with Crippen molar-refractivity contribution in [2.45, 2.75) is 64.1 Å². The Hall–Kier alpha value is -0.940. The molecule has 2 unspecified atom stereocenters. The first-order chi connectivity index (χ1) is 8.93. The van der Waals surface area contributed by atoms with Crippen molar-refractivity contribution >= 4 is 11.8 Å². The van der Waals surface area contributed by atoms with Crippen molar-refractivity contribution in [2.75, 3.05) is 13.2 Å². The van der Waals surface area contributed by atoms with E-state index in [1.165, 1.54) is 4.90 Å². The van der Waals surface area contributed by atoms with Gasteiger partial charge in [-0.1, -0.05) is 6.92 Å². The van der Waals surface area contributed by atoms with E-state index in [1.54, 1.807) is 0 Å². The number of nitrogens with one attached hydrogen (secondary N) is 1. The van der Waals surface area contributed by atoms with Crippen LogP contribution in [0.25, 0.3) is 0 Å². The first kappa shape index (κ1) is 14.5. The molecule has 2 atom stereocenters. The number of nitrogens with zero attached hydrogens (tertiary/aromatic N) is 1. The number of amides is 2. The second kappa shape index (κ2) is 5.59. The molecule has 19 heavy (non-hydrogen) atoms. The molecule has 0 aromatic carbocycles. The lowest BCUT2D eigenvalue weighted by molar-refractivity contribution is -0.139. The van der Waals surface area contributed by atoms with Crippen molar-refractivity contribution in [3.8, 4) is 0 Å². The molecule has 108 valence electrons. The molecule has 1 N–H and O–H groups in total. The van der Waals surface area contributed by atoms with Gasteiger partial charge in [0.1, 0.15) is 0 Å². The maximum absolute atomic E-state index is 12.2. The first-order valence-electron chi connectivity index (χ1n) is 7.17. The number of hydrogen-bond acceptors (Lipinski definition) is 4. The van der Waals surface area contributed by atoms with Crippen LogP contribution in [0.1, 0.15) is 46.5 Å². The molecule has 2 heterocycles. The van der Waals surface area contributed by atoms with Crippen molar-refractivity contribution in [1.82, 2.24) is 10.2 Å². The van der Waals surface area contributed by atoms with Crippen LogP contribution in [-0.4, -0.2) is 47.6 Å². The molecule has 0 spiro atoms. The Labute approximate surface area is 114 Å². The van der Waals surface area contributed by atoms with Gasteiger partial charge in [-0.15, -0.1) is 0 Å². The molecule has 0 saturated carbocycles. The predicted molar refractivity (Wildman–Crippen MR) is 71.6 cm³/mol. The Kier molecular flexibility index (Phi) is 4.26. The van der Waals surface area contributed by atoms with Crippen molar-refractivity contribution in [3.63, 3.8) is 0 Å². The Morgan fingerprint density at radius 1 is 1.42 bits per heavy atom. The summed E-state index contributed by atoms with van der Waals surface area (Å²) in [6.45, 7) is 7.34. The van der Waals surface area contributed by atoms with Crippen LogP contribution >= 0.6 is 0 Å². The molecule has 2 aliphatic rings. The van der Waals surface area contributed by atoms with Crippen LogP contribution in [0.3, 0.4) is 0 Å². The van der Waals surface area contributed by atoms with Crippen molar-refractivity contribution in [3.05, 3.63) is 0 Å². The lowest BCUT2D eigenvalue weighted by Crippen LogP contribution is -2.49. The van der Waals surface area contributed by atoms with Crippen molar-refractivity contribution < 1.29 is 14.3 Å². The minimum absolute atomic E-state index is 0.0457. The summed E-state index contributed by atoms with van der Waals surface area (Å²) in [6, 6.07) is -0.0787. The van der Waals surface area contributed by atoms with Crippen LogP contribution in [-0.2, 0) is 14.3 Å². The second-order valence-corrected chi connectivity index (χ2v) is 6.10. The number of carbonyl (C=O) groups excluding carboxylic acids is 2. The van der Waals surface area contributed by atoms with Gasteiger partial charge in [-0.25, -0.2) is 0 Å². The topological polar surface area (TPSA) is 58.6 Å². The molecule has 2 rings (SSSR count). The minimum atomic E-state index is -0.335. The highest BCUT2D eigenvalue weighted by Crippen LogP contribution is 2.25. The fourth-order valence-corrected chi connectivity index (χ4v) is 2.93. The van der Waals surface area contributed by atoms with Gasteiger partial charge in [-0.05, 0) is 33.1 Å². The molecule has 0 bridgehead atoms. The fourth-order valence-electron chi connectivity index (χ4n) is 2.93. The van der Waals surface area contributed by atoms with Gasteiger partial charge in [0.25, 0.3) is 0 Å². The van der Waals surface area contributed by atoms with E-state index in [9.17, 15) is 9.59 Å². The first-order valence-corrected chi connectivity index (χ1v) is 7.17. The van der Waals surface area contributed by atoms with Gasteiger partial charge in [-0.3, -0.25) is 14.5 Å². The predicted octanol–water partition coefficient (Wildman–Crippen LogP) is 1.07. The number of imide groups is 1. The summed E-state index contributed by atoms with van der Waals surface area (Å²) in [5, 5.41) is 3.35. The third kappa shape index (κ3) is 3.34. The summed E-state index contributed by atoms with van der Waals surface area (Å²) in [5.74, 6) is -0.105. The lowest BCUT2D eigenvalue weighted by atomic mass is 9.93. The highest BCUT2D eigenvalue weighted by Gasteiger charge is 2.40. The Bertz CT molecular complexity index is 368. The number of rotatable bonds is 4. The minimum Gasteiger partial charge on any atom is -0.375 e. The molecular weight excluding hydrogens is 244 g/mol. The normalized spacial score (nSPS) is 31.0. The van der Waals surface area contributed by atoms with Crippen LogP contribution in [0.5, 0.6) is 0 Å². The zero-order valence-electron chi connectivity index (χ0n) is 12.1. The zero-order valence-corrected chi connectivity index (χ0v) is 12.1. The number of carbonyl (C=O) groups is 2. The third-order valence-corrected chi connectivity index (χ3v) is 3.83. The molecule has 2 saturated heterocycles. The fraction of sp³-hybridized carbons (Fsp3) is 0.857. The summed E-state index contributed by atoms with van der Waals surface area (Å²) in [5.41, 5.74) is -0.148. The summed E-state index contributed by atoms with van der Waals surface area (Å²) in [4.78, 5) is 25.3. The third-order valence-electron chi connectivity index (χ3n) is 3.83. The van der Waals surface area contributed by atoms with E-state index in [0.717, 1.165) is 19.3 Å². The van der Waals surface area contributed by atoms with E-state index < -0.39 is 0 Å². The van der Waals surface area contributed by atoms with Gasteiger partial charge < -0.3 is 10.1 Å². The summed E-state index contributed by atoms with van der Waals surface area (Å²) in [6.07, 6.45) is 2.89. The van der Waals surface area contributed by atoms with Gasteiger partial charge in [-0.2, -0.15) is 0 Å². The van der Waals surface area contributed by atoms with Crippen LogP contribution in [0.4, 0.5) is 0 Å². The number of likely N-dealkylation sites (tertiary alicyclic amines) is 1. The Morgan fingerprint density at radius 3 is 2.79 bits per heavy atom. The maximum atomic E-state index is 12.2. The van der Waals surface area contributed by atoms with E-state index in [2.05, 4.69) is 19.2 Å². The smallest absolute Gasteiger partial charge is 0.246 e. The van der Waals surface area contributed by atoms with Gasteiger partial charge in [0, 0.05) is 19.2 Å². The molecule has 5 nitrogen and oxygen atoms in total. The van der Waals surface area contributed by atoms with Gasteiger partial charge in [0.2, 0.25) is 11.8 Å². The standard InChI is InChI=1S/C14H24N2O3/c1-4-6-16-12(17)8-11(13(16)18)15-10-5-7-19-14(2,3)9-10/h10-11,15H,4-9H2,1-3H3.